The van der Waals surface area contributed by atoms with E-state index < -0.39 is 5.97 Å². The van der Waals surface area contributed by atoms with Gasteiger partial charge in [-0.3, -0.25) is 4.79 Å². The minimum atomic E-state index is -0.723. The van der Waals surface area contributed by atoms with Gasteiger partial charge in [0.2, 0.25) is 0 Å². The summed E-state index contributed by atoms with van der Waals surface area (Å²) in [4.78, 5) is 11.1. The first-order chi connectivity index (χ1) is 8.74. The zero-order valence-electron chi connectivity index (χ0n) is 11.0. The van der Waals surface area contributed by atoms with Gasteiger partial charge in [0.15, 0.2) is 0 Å². The lowest BCUT2D eigenvalue weighted by atomic mass is 9.99. The van der Waals surface area contributed by atoms with E-state index in [-0.39, 0.29) is 5.92 Å². The Labute approximate surface area is 109 Å². The van der Waals surface area contributed by atoms with E-state index >= 15 is 0 Å². The van der Waals surface area contributed by atoms with Crippen molar-refractivity contribution in [1.82, 2.24) is 0 Å². The average molecular weight is 246 g/mol. The fraction of sp³-hybridized carbons (Fsp3) is 0.438. The predicted molar refractivity (Wildman–Crippen MR) is 75.4 cm³/mol. The molecule has 0 fully saturated rings. The van der Waals surface area contributed by atoms with E-state index in [1.54, 1.807) is 0 Å². The molecule has 1 unspecified atom stereocenters. The van der Waals surface area contributed by atoms with Gasteiger partial charge in [0.05, 0.1) is 5.92 Å². The average Bonchev–Trinajstić information content (AvgIpc) is 2.38. The van der Waals surface area contributed by atoms with Crippen LogP contribution in [-0.4, -0.2) is 11.1 Å². The summed E-state index contributed by atoms with van der Waals surface area (Å²) in [6.07, 6.45) is 8.93. The van der Waals surface area contributed by atoms with E-state index in [1.807, 2.05) is 42.5 Å². The predicted octanol–water partition coefficient (Wildman–Crippen LogP) is 4.37. The highest BCUT2D eigenvalue weighted by Crippen LogP contribution is 2.14. The van der Waals surface area contributed by atoms with Crippen molar-refractivity contribution in [1.29, 1.82) is 0 Å². The minimum absolute atomic E-state index is 0.359. The highest BCUT2D eigenvalue weighted by Gasteiger charge is 2.12. The highest BCUT2D eigenvalue weighted by atomic mass is 16.4. The van der Waals surface area contributed by atoms with E-state index in [4.69, 9.17) is 5.11 Å². The molecule has 0 aliphatic carbocycles. The quantitative estimate of drug-likeness (QED) is 0.691. The number of benzene rings is 1. The zero-order valence-corrected chi connectivity index (χ0v) is 11.0. The van der Waals surface area contributed by atoms with Gasteiger partial charge in [0, 0.05) is 0 Å². The first-order valence-corrected chi connectivity index (χ1v) is 6.70. The van der Waals surface area contributed by atoms with Crippen LogP contribution in [0.1, 0.15) is 44.6 Å². The standard InChI is InChI=1S/C16H22O2/c1-2-3-4-8-11-15(16(17)18)13-12-14-9-6-5-7-10-14/h5-7,9-10,12-13,15H,2-4,8,11H2,1H3,(H,17,18). The van der Waals surface area contributed by atoms with Crippen molar-refractivity contribution >= 4 is 12.0 Å². The summed E-state index contributed by atoms with van der Waals surface area (Å²) >= 11 is 0. The molecule has 0 saturated carbocycles. The molecule has 0 radical (unpaired) electrons. The molecule has 0 aromatic heterocycles. The summed E-state index contributed by atoms with van der Waals surface area (Å²) < 4.78 is 0. The molecule has 1 aromatic carbocycles. The van der Waals surface area contributed by atoms with Gasteiger partial charge in [0.1, 0.15) is 0 Å². The third kappa shape index (κ3) is 5.67. The van der Waals surface area contributed by atoms with Gasteiger partial charge in [-0.15, -0.1) is 0 Å². The maximum absolute atomic E-state index is 11.1. The van der Waals surface area contributed by atoms with Crippen LogP contribution >= 0.6 is 0 Å². The van der Waals surface area contributed by atoms with E-state index in [0.29, 0.717) is 0 Å². The van der Waals surface area contributed by atoms with E-state index in [0.717, 1.165) is 24.8 Å². The SMILES string of the molecule is CCCCCCC(C=Cc1ccccc1)C(=O)O. The topological polar surface area (TPSA) is 37.3 Å². The lowest BCUT2D eigenvalue weighted by Gasteiger charge is -2.07. The molecular formula is C16H22O2. The number of hydrogen-bond acceptors (Lipinski definition) is 1. The van der Waals surface area contributed by atoms with Gasteiger partial charge in [-0.05, 0) is 12.0 Å². The number of carboxylic acids is 1. The lowest BCUT2D eigenvalue weighted by Crippen LogP contribution is -2.10. The molecule has 1 aromatic rings. The Morgan fingerprint density at radius 3 is 2.56 bits per heavy atom. The van der Waals surface area contributed by atoms with Crippen LogP contribution in [0.2, 0.25) is 0 Å². The summed E-state index contributed by atoms with van der Waals surface area (Å²) in [6.45, 7) is 2.16. The van der Waals surface area contributed by atoms with Gasteiger partial charge in [-0.1, -0.05) is 75.1 Å². The Morgan fingerprint density at radius 2 is 1.94 bits per heavy atom. The summed E-state index contributed by atoms with van der Waals surface area (Å²) in [7, 11) is 0. The smallest absolute Gasteiger partial charge is 0.310 e. The van der Waals surface area contributed by atoms with Crippen molar-refractivity contribution in [3.05, 3.63) is 42.0 Å². The molecule has 0 saturated heterocycles. The third-order valence-corrected chi connectivity index (χ3v) is 3.01. The van der Waals surface area contributed by atoms with Crippen LogP contribution in [0.25, 0.3) is 6.08 Å². The van der Waals surface area contributed by atoms with Crippen molar-refractivity contribution in [2.45, 2.75) is 39.0 Å². The molecule has 2 nitrogen and oxygen atoms in total. The molecule has 0 heterocycles. The van der Waals surface area contributed by atoms with Crippen LogP contribution in [0.3, 0.4) is 0 Å². The van der Waals surface area contributed by atoms with Crippen molar-refractivity contribution in [2.75, 3.05) is 0 Å². The largest absolute Gasteiger partial charge is 0.481 e. The molecule has 1 atom stereocenters. The second-order valence-corrected chi connectivity index (χ2v) is 4.56. The molecule has 1 rings (SSSR count). The van der Waals surface area contributed by atoms with Crippen molar-refractivity contribution < 1.29 is 9.90 Å². The molecule has 0 aliphatic heterocycles. The molecule has 0 amide bonds. The van der Waals surface area contributed by atoms with Crippen molar-refractivity contribution in [2.24, 2.45) is 5.92 Å². The monoisotopic (exact) mass is 246 g/mol. The molecule has 0 aliphatic rings. The Hall–Kier alpha value is -1.57. The Morgan fingerprint density at radius 1 is 1.22 bits per heavy atom. The molecule has 0 spiro atoms. The van der Waals surface area contributed by atoms with Crippen LogP contribution in [-0.2, 0) is 4.79 Å². The van der Waals surface area contributed by atoms with Gasteiger partial charge in [-0.25, -0.2) is 0 Å². The summed E-state index contributed by atoms with van der Waals surface area (Å²) in [5, 5.41) is 9.16. The third-order valence-electron chi connectivity index (χ3n) is 3.01. The molecule has 18 heavy (non-hydrogen) atoms. The Balaban J connectivity index is 2.47. The van der Waals surface area contributed by atoms with Crippen molar-refractivity contribution in [3.8, 4) is 0 Å². The first-order valence-electron chi connectivity index (χ1n) is 6.70. The van der Waals surface area contributed by atoms with Gasteiger partial charge in [-0.2, -0.15) is 0 Å². The van der Waals surface area contributed by atoms with Gasteiger partial charge >= 0.3 is 5.97 Å². The molecule has 98 valence electrons. The molecule has 1 N–H and O–H groups in total. The number of rotatable bonds is 8. The lowest BCUT2D eigenvalue weighted by molar-refractivity contribution is -0.140. The van der Waals surface area contributed by atoms with Crippen LogP contribution in [0.15, 0.2) is 36.4 Å². The van der Waals surface area contributed by atoms with E-state index in [1.165, 1.54) is 12.8 Å². The number of hydrogen-bond donors (Lipinski definition) is 1. The zero-order chi connectivity index (χ0) is 13.2. The number of carboxylic acid groups (broad SMARTS) is 1. The number of aliphatic carboxylic acids is 1. The van der Waals surface area contributed by atoms with E-state index in [2.05, 4.69) is 6.92 Å². The second kappa shape index (κ2) is 8.51. The van der Waals surface area contributed by atoms with Gasteiger partial charge in [0.25, 0.3) is 0 Å². The molecule has 2 heteroatoms. The minimum Gasteiger partial charge on any atom is -0.481 e. The van der Waals surface area contributed by atoms with Crippen molar-refractivity contribution in [3.63, 3.8) is 0 Å². The second-order valence-electron chi connectivity index (χ2n) is 4.56. The van der Waals surface area contributed by atoms with Crippen LogP contribution < -0.4 is 0 Å². The number of unbranched alkanes of at least 4 members (excludes halogenated alkanes) is 3. The summed E-state index contributed by atoms with van der Waals surface area (Å²) in [6, 6.07) is 9.82. The maximum atomic E-state index is 11.1. The highest BCUT2D eigenvalue weighted by molar-refractivity contribution is 5.73. The molecule has 0 bridgehead atoms. The Kier molecular flexibility index (Phi) is 6.85. The Bertz CT molecular complexity index is 368. The molecular weight excluding hydrogens is 224 g/mol. The summed E-state index contributed by atoms with van der Waals surface area (Å²) in [5.41, 5.74) is 1.05. The van der Waals surface area contributed by atoms with Gasteiger partial charge < -0.3 is 5.11 Å². The maximum Gasteiger partial charge on any atom is 0.310 e. The van der Waals surface area contributed by atoms with E-state index in [9.17, 15) is 4.79 Å². The fourth-order valence-electron chi connectivity index (χ4n) is 1.88. The summed E-state index contributed by atoms with van der Waals surface area (Å²) in [5.74, 6) is -1.08. The number of carbonyl (C=O) groups is 1. The first kappa shape index (κ1) is 14.5. The fourth-order valence-corrected chi connectivity index (χ4v) is 1.88. The van der Waals surface area contributed by atoms with Crippen LogP contribution in [0, 0.1) is 5.92 Å². The normalized spacial score (nSPS) is 12.7. The van der Waals surface area contributed by atoms with Crippen LogP contribution in [0.4, 0.5) is 0 Å². The van der Waals surface area contributed by atoms with Crippen LogP contribution in [0.5, 0.6) is 0 Å².